The minimum atomic E-state index is -0.457. The Morgan fingerprint density at radius 3 is 1.57 bits per heavy atom. The number of esters is 2. The number of phenols is 1. The van der Waals surface area contributed by atoms with Crippen molar-refractivity contribution >= 4 is 11.9 Å². The second-order valence-electron chi connectivity index (χ2n) is 10.3. The summed E-state index contributed by atoms with van der Waals surface area (Å²) < 4.78 is 21.6. The molecule has 0 aliphatic heterocycles. The summed E-state index contributed by atoms with van der Waals surface area (Å²) >= 11 is 0. The predicted octanol–water partition coefficient (Wildman–Crippen LogP) is 7.54. The van der Waals surface area contributed by atoms with Crippen LogP contribution < -0.4 is 14.2 Å². The second kappa shape index (κ2) is 18.5. The van der Waals surface area contributed by atoms with Crippen LogP contribution in [-0.4, -0.2) is 48.6 Å². The maximum atomic E-state index is 11.7. The molecular formula is C38H40O8. The van der Waals surface area contributed by atoms with Gasteiger partial charge in [0.1, 0.15) is 23.0 Å². The van der Waals surface area contributed by atoms with Crippen molar-refractivity contribution in [2.75, 3.05) is 26.4 Å². The Hall–Kier alpha value is -5.34. The zero-order valence-corrected chi connectivity index (χ0v) is 26.2. The lowest BCUT2D eigenvalue weighted by Gasteiger charge is -2.10. The van der Waals surface area contributed by atoms with E-state index in [2.05, 4.69) is 13.2 Å². The maximum absolute atomic E-state index is 11.7. The van der Waals surface area contributed by atoms with Crippen molar-refractivity contribution in [2.24, 2.45) is 0 Å². The normalized spacial score (nSPS) is 10.2. The van der Waals surface area contributed by atoms with Gasteiger partial charge in [0, 0.05) is 30.6 Å². The van der Waals surface area contributed by atoms with Crippen LogP contribution in [0.2, 0.25) is 0 Å². The SMILES string of the molecule is C=C(C)C(=O)OCCCOc1cccc(-c2cccc(OC(=O)C(=C)C)c2)c1.OCCCOc1cccc(-c2cccc(O)c2)c1. The van der Waals surface area contributed by atoms with E-state index < -0.39 is 11.9 Å². The molecule has 0 aliphatic carbocycles. The van der Waals surface area contributed by atoms with Crippen molar-refractivity contribution in [1.82, 2.24) is 0 Å². The van der Waals surface area contributed by atoms with Gasteiger partial charge in [-0.3, -0.25) is 0 Å². The van der Waals surface area contributed by atoms with Crippen LogP contribution in [0.5, 0.6) is 23.0 Å². The Kier molecular flexibility index (Phi) is 14.1. The van der Waals surface area contributed by atoms with Gasteiger partial charge in [0.05, 0.1) is 19.8 Å². The number of ether oxygens (including phenoxy) is 4. The maximum Gasteiger partial charge on any atom is 0.338 e. The van der Waals surface area contributed by atoms with Crippen molar-refractivity contribution in [3.63, 3.8) is 0 Å². The molecule has 240 valence electrons. The average Bonchev–Trinajstić information content (AvgIpc) is 3.05. The standard InChI is InChI=1S/C23H24O5.C15H16O3/c1-16(2)22(24)27-13-7-12-26-20-10-5-8-18(14-20)19-9-6-11-21(15-19)28-23(25)17(3)4;16-8-3-9-18-15-7-2-5-13(11-15)12-4-1-6-14(17)10-12/h5-6,8-11,14-15H,1,3,7,12-13H2,2,4H3;1-2,4-7,10-11,16-17H,3,8-9H2. The third-order valence-corrected chi connectivity index (χ3v) is 6.28. The van der Waals surface area contributed by atoms with Gasteiger partial charge in [-0.25, -0.2) is 9.59 Å². The van der Waals surface area contributed by atoms with Crippen molar-refractivity contribution in [3.8, 4) is 45.3 Å². The fourth-order valence-corrected chi connectivity index (χ4v) is 3.94. The van der Waals surface area contributed by atoms with Crippen LogP contribution in [0.25, 0.3) is 22.3 Å². The quantitative estimate of drug-likeness (QED) is 0.0641. The lowest BCUT2D eigenvalue weighted by atomic mass is 10.1. The highest BCUT2D eigenvalue weighted by Gasteiger charge is 2.08. The number of carbonyl (C=O) groups is 2. The number of rotatable bonds is 14. The summed E-state index contributed by atoms with van der Waals surface area (Å²) in [5.74, 6) is 1.32. The molecule has 0 atom stereocenters. The first-order valence-electron chi connectivity index (χ1n) is 14.8. The summed E-state index contributed by atoms with van der Waals surface area (Å²) in [5, 5.41) is 18.2. The van der Waals surface area contributed by atoms with Crippen LogP contribution in [0.4, 0.5) is 0 Å². The molecule has 4 aromatic carbocycles. The molecule has 2 N–H and O–H groups in total. The summed E-state index contributed by atoms with van der Waals surface area (Å²) in [4.78, 5) is 23.0. The van der Waals surface area contributed by atoms with E-state index >= 15 is 0 Å². The van der Waals surface area contributed by atoms with Gasteiger partial charge in [-0.2, -0.15) is 0 Å². The Morgan fingerprint density at radius 1 is 0.609 bits per heavy atom. The third kappa shape index (κ3) is 12.0. The van der Waals surface area contributed by atoms with Crippen LogP contribution >= 0.6 is 0 Å². The molecule has 0 aromatic heterocycles. The third-order valence-electron chi connectivity index (χ3n) is 6.28. The Labute approximate surface area is 270 Å². The minimum Gasteiger partial charge on any atom is -0.508 e. The van der Waals surface area contributed by atoms with Crippen molar-refractivity contribution in [2.45, 2.75) is 26.7 Å². The number of aliphatic hydroxyl groups excluding tert-OH is 1. The second-order valence-corrected chi connectivity index (χ2v) is 10.3. The molecule has 0 saturated heterocycles. The Bertz CT molecular complexity index is 1620. The zero-order valence-electron chi connectivity index (χ0n) is 26.2. The number of carbonyl (C=O) groups excluding carboxylic acids is 2. The van der Waals surface area contributed by atoms with Crippen LogP contribution in [0.3, 0.4) is 0 Å². The van der Waals surface area contributed by atoms with E-state index in [1.165, 1.54) is 0 Å². The molecule has 46 heavy (non-hydrogen) atoms. The Morgan fingerprint density at radius 2 is 1.07 bits per heavy atom. The first-order valence-corrected chi connectivity index (χ1v) is 14.8. The van der Waals surface area contributed by atoms with Gasteiger partial charge in [0.15, 0.2) is 0 Å². The summed E-state index contributed by atoms with van der Waals surface area (Å²) in [6.07, 6.45) is 1.20. The number of hydrogen-bond acceptors (Lipinski definition) is 8. The van der Waals surface area contributed by atoms with Crippen LogP contribution in [0.15, 0.2) is 121 Å². The zero-order chi connectivity index (χ0) is 33.3. The highest BCUT2D eigenvalue weighted by molar-refractivity contribution is 5.89. The van der Waals surface area contributed by atoms with Gasteiger partial charge < -0.3 is 29.2 Å². The number of aromatic hydroxyl groups is 1. The first kappa shape index (κ1) is 35.1. The molecule has 0 fully saturated rings. The highest BCUT2D eigenvalue weighted by Crippen LogP contribution is 2.28. The van der Waals surface area contributed by atoms with E-state index in [1.54, 1.807) is 38.1 Å². The molecule has 0 amide bonds. The largest absolute Gasteiger partial charge is 0.508 e. The van der Waals surface area contributed by atoms with E-state index in [4.69, 9.17) is 24.1 Å². The number of phenolic OH excluding ortho intramolecular Hbond substituents is 1. The molecule has 0 heterocycles. The number of benzene rings is 4. The van der Waals surface area contributed by atoms with Crippen LogP contribution in [-0.2, 0) is 14.3 Å². The summed E-state index contributed by atoms with van der Waals surface area (Å²) in [5.41, 5.74) is 4.49. The van der Waals surface area contributed by atoms with E-state index in [0.29, 0.717) is 48.7 Å². The topological polar surface area (TPSA) is 112 Å². The molecular weight excluding hydrogens is 584 g/mol. The Balaban J connectivity index is 0.000000275. The molecule has 4 aromatic rings. The number of aliphatic hydroxyl groups is 1. The smallest absolute Gasteiger partial charge is 0.338 e. The van der Waals surface area contributed by atoms with Gasteiger partial charge in [-0.1, -0.05) is 61.7 Å². The van der Waals surface area contributed by atoms with Gasteiger partial charge in [-0.15, -0.1) is 0 Å². The van der Waals surface area contributed by atoms with E-state index in [0.717, 1.165) is 28.0 Å². The minimum absolute atomic E-state index is 0.131. The van der Waals surface area contributed by atoms with Gasteiger partial charge in [0.25, 0.3) is 0 Å². The molecule has 0 spiro atoms. The fraction of sp³-hybridized carbons (Fsp3) is 0.211. The first-order chi connectivity index (χ1) is 22.2. The summed E-state index contributed by atoms with van der Waals surface area (Å²) in [6, 6.07) is 29.6. The van der Waals surface area contributed by atoms with E-state index in [9.17, 15) is 14.7 Å². The van der Waals surface area contributed by atoms with Gasteiger partial charge in [0.2, 0.25) is 0 Å². The molecule has 0 bridgehead atoms. The highest BCUT2D eigenvalue weighted by atomic mass is 16.5. The lowest BCUT2D eigenvalue weighted by Crippen LogP contribution is -2.09. The van der Waals surface area contributed by atoms with E-state index in [1.807, 2.05) is 72.8 Å². The molecule has 4 rings (SSSR count). The number of hydrogen-bond donors (Lipinski definition) is 2. The van der Waals surface area contributed by atoms with Gasteiger partial charge in [-0.05, 0) is 84.6 Å². The molecule has 0 saturated carbocycles. The van der Waals surface area contributed by atoms with Crippen molar-refractivity contribution < 1.29 is 38.7 Å². The molecule has 8 heteroatoms. The van der Waals surface area contributed by atoms with Crippen molar-refractivity contribution in [1.29, 1.82) is 0 Å². The van der Waals surface area contributed by atoms with Crippen LogP contribution in [0.1, 0.15) is 26.7 Å². The average molecular weight is 625 g/mol. The molecule has 8 nitrogen and oxygen atoms in total. The monoisotopic (exact) mass is 624 g/mol. The molecule has 0 unspecified atom stereocenters. The molecule has 0 radical (unpaired) electrons. The predicted molar refractivity (Wildman–Crippen MR) is 179 cm³/mol. The van der Waals surface area contributed by atoms with Crippen LogP contribution in [0, 0.1) is 0 Å². The van der Waals surface area contributed by atoms with Gasteiger partial charge >= 0.3 is 11.9 Å². The van der Waals surface area contributed by atoms with E-state index in [-0.39, 0.29) is 19.0 Å². The van der Waals surface area contributed by atoms with Crippen molar-refractivity contribution in [3.05, 3.63) is 121 Å². The summed E-state index contributed by atoms with van der Waals surface area (Å²) in [6.45, 7) is 11.7. The molecule has 0 aliphatic rings. The fourth-order valence-electron chi connectivity index (χ4n) is 3.94. The summed E-state index contributed by atoms with van der Waals surface area (Å²) in [7, 11) is 0. The lowest BCUT2D eigenvalue weighted by molar-refractivity contribution is -0.139.